The summed E-state index contributed by atoms with van der Waals surface area (Å²) in [5, 5.41) is 22.9. The van der Waals surface area contributed by atoms with Crippen LogP contribution < -0.4 is 10.0 Å². The van der Waals surface area contributed by atoms with E-state index in [9.17, 15) is 23.4 Å². The average molecular weight is 514 g/mol. The molecule has 1 aromatic heterocycles. The molecule has 0 unspecified atom stereocenters. The van der Waals surface area contributed by atoms with Crippen LogP contribution in [0.15, 0.2) is 58.4 Å². The van der Waals surface area contributed by atoms with Gasteiger partial charge in [0.25, 0.3) is 15.9 Å². The summed E-state index contributed by atoms with van der Waals surface area (Å²) in [6.07, 6.45) is 4.36. The van der Waals surface area contributed by atoms with Crippen molar-refractivity contribution in [1.29, 1.82) is 0 Å². The molecule has 0 aliphatic rings. The van der Waals surface area contributed by atoms with Crippen LogP contribution in [0.4, 0.5) is 5.69 Å². The van der Waals surface area contributed by atoms with Crippen molar-refractivity contribution >= 4 is 49.1 Å². The molecule has 3 aromatic rings. The van der Waals surface area contributed by atoms with E-state index >= 15 is 0 Å². The minimum absolute atomic E-state index is 0.0113. The summed E-state index contributed by atoms with van der Waals surface area (Å²) < 4.78 is 27.9. The number of nitrogens with one attached hydrogen (secondary N) is 2. The first-order chi connectivity index (χ1) is 14.2. The summed E-state index contributed by atoms with van der Waals surface area (Å²) in [5.41, 5.74) is 0.0593. The topological polar surface area (TPSA) is 142 Å². The highest BCUT2D eigenvalue weighted by Crippen LogP contribution is 2.35. The molecule has 0 saturated carbocycles. The molecule has 2 aromatic carbocycles. The highest BCUT2D eigenvalue weighted by molar-refractivity contribution is 9.10. The lowest BCUT2D eigenvalue weighted by Gasteiger charge is -2.14. The zero-order valence-electron chi connectivity index (χ0n) is 15.0. The fraction of sp³-hybridized carbons (Fsp3) is 0.0556. The van der Waals surface area contributed by atoms with Crippen LogP contribution in [0.2, 0.25) is 5.02 Å². The van der Waals surface area contributed by atoms with Gasteiger partial charge >= 0.3 is 0 Å². The molecule has 30 heavy (non-hydrogen) atoms. The number of aromatic nitrogens is 2. The maximum atomic E-state index is 12.7. The third kappa shape index (κ3) is 4.99. The Balaban J connectivity index is 1.89. The second-order valence-corrected chi connectivity index (χ2v) is 9.00. The second kappa shape index (κ2) is 8.86. The van der Waals surface area contributed by atoms with Crippen molar-refractivity contribution in [3.8, 4) is 11.5 Å². The highest BCUT2D eigenvalue weighted by Gasteiger charge is 2.23. The standard InChI is InChI=1S/C18H14BrClN4O5S/c19-11-1-2-15(25)16(3-11)30(28,29)24-14-5-12(20)4-13(17(14)26)18(27)23-8-10-6-21-9-22-7-10/h1-7,9,24-26H,8H2,(H,23,27). The quantitative estimate of drug-likeness (QED) is 0.371. The Morgan fingerprint density at radius 2 is 1.83 bits per heavy atom. The van der Waals surface area contributed by atoms with Crippen molar-refractivity contribution in [2.75, 3.05) is 4.72 Å². The van der Waals surface area contributed by atoms with Crippen molar-refractivity contribution < 1.29 is 23.4 Å². The maximum Gasteiger partial charge on any atom is 0.265 e. The lowest BCUT2D eigenvalue weighted by molar-refractivity contribution is 0.0948. The Hall–Kier alpha value is -2.89. The number of phenols is 2. The van der Waals surface area contributed by atoms with Crippen molar-refractivity contribution in [3.63, 3.8) is 0 Å². The van der Waals surface area contributed by atoms with Crippen molar-refractivity contribution in [2.45, 2.75) is 11.4 Å². The minimum atomic E-state index is -4.30. The summed E-state index contributed by atoms with van der Waals surface area (Å²) in [6, 6.07) is 6.19. The third-order valence-corrected chi connectivity index (χ3v) is 5.95. The number of hydrogen-bond acceptors (Lipinski definition) is 7. The van der Waals surface area contributed by atoms with Crippen LogP contribution in [0.5, 0.6) is 11.5 Å². The molecule has 0 saturated heterocycles. The first kappa shape index (κ1) is 21.8. The molecule has 3 rings (SSSR count). The smallest absolute Gasteiger partial charge is 0.265 e. The van der Waals surface area contributed by atoms with E-state index in [1.807, 2.05) is 0 Å². The monoisotopic (exact) mass is 512 g/mol. The molecule has 156 valence electrons. The van der Waals surface area contributed by atoms with Gasteiger partial charge in [0.1, 0.15) is 17.0 Å². The van der Waals surface area contributed by atoms with E-state index in [-0.39, 0.29) is 22.8 Å². The Morgan fingerprint density at radius 1 is 1.13 bits per heavy atom. The van der Waals surface area contributed by atoms with Gasteiger partial charge in [-0.3, -0.25) is 9.52 Å². The predicted octanol–water partition coefficient (Wildman–Crippen LogP) is 3.03. The number of anilines is 1. The number of halogens is 2. The van der Waals surface area contributed by atoms with Crippen LogP contribution in [-0.4, -0.2) is 34.5 Å². The Labute approximate surface area is 184 Å². The number of rotatable bonds is 6. The largest absolute Gasteiger partial charge is 0.507 e. The lowest BCUT2D eigenvalue weighted by Crippen LogP contribution is -2.23. The summed E-state index contributed by atoms with van der Waals surface area (Å²) >= 11 is 9.14. The number of aromatic hydroxyl groups is 2. The molecule has 1 amide bonds. The molecule has 0 aliphatic heterocycles. The first-order valence-corrected chi connectivity index (χ1v) is 10.9. The van der Waals surface area contributed by atoms with Crippen LogP contribution in [-0.2, 0) is 16.6 Å². The van der Waals surface area contributed by atoms with Crippen molar-refractivity contribution in [1.82, 2.24) is 15.3 Å². The number of hydrogen-bond donors (Lipinski definition) is 4. The van der Waals surface area contributed by atoms with E-state index in [0.717, 1.165) is 6.07 Å². The Bertz CT molecular complexity index is 1210. The molecule has 9 nitrogen and oxygen atoms in total. The number of nitrogens with zero attached hydrogens (tertiary/aromatic N) is 2. The zero-order valence-corrected chi connectivity index (χ0v) is 18.2. The summed E-state index contributed by atoms with van der Waals surface area (Å²) in [7, 11) is -4.30. The first-order valence-electron chi connectivity index (χ1n) is 8.23. The molecule has 0 fully saturated rings. The molecule has 0 radical (unpaired) electrons. The van der Waals surface area contributed by atoms with E-state index in [1.54, 1.807) is 0 Å². The summed E-state index contributed by atoms with van der Waals surface area (Å²) in [5.74, 6) is -1.81. The van der Waals surface area contributed by atoms with Crippen LogP contribution in [0.25, 0.3) is 0 Å². The number of benzene rings is 2. The van der Waals surface area contributed by atoms with E-state index in [2.05, 4.69) is 35.9 Å². The number of sulfonamides is 1. The molecule has 0 bridgehead atoms. The van der Waals surface area contributed by atoms with E-state index in [4.69, 9.17) is 11.6 Å². The SMILES string of the molecule is O=C(NCc1cncnc1)c1cc(Cl)cc(NS(=O)(=O)c2cc(Br)ccc2O)c1O. The van der Waals surface area contributed by atoms with E-state index < -0.39 is 32.3 Å². The Kier molecular flexibility index (Phi) is 6.44. The molecular formula is C18H14BrClN4O5S. The van der Waals surface area contributed by atoms with E-state index in [1.165, 1.54) is 43.0 Å². The van der Waals surface area contributed by atoms with Crippen LogP contribution in [0.3, 0.4) is 0 Å². The number of carbonyl (C=O) groups is 1. The maximum absolute atomic E-state index is 12.7. The molecule has 12 heteroatoms. The molecule has 0 spiro atoms. The number of carbonyl (C=O) groups excluding carboxylic acids is 1. The third-order valence-electron chi connectivity index (χ3n) is 3.84. The van der Waals surface area contributed by atoms with Gasteiger partial charge in [-0.05, 0) is 30.3 Å². The summed E-state index contributed by atoms with van der Waals surface area (Å²) in [6.45, 7) is 0.0819. The van der Waals surface area contributed by atoms with Gasteiger partial charge in [-0.25, -0.2) is 18.4 Å². The molecule has 1 heterocycles. The molecular weight excluding hydrogens is 500 g/mol. The van der Waals surface area contributed by atoms with Crippen LogP contribution in [0, 0.1) is 0 Å². The average Bonchev–Trinajstić information content (AvgIpc) is 2.71. The van der Waals surface area contributed by atoms with Gasteiger partial charge in [0, 0.05) is 34.0 Å². The van der Waals surface area contributed by atoms with Gasteiger partial charge in [0.05, 0.1) is 11.3 Å². The highest BCUT2D eigenvalue weighted by atomic mass is 79.9. The molecule has 0 aliphatic carbocycles. The van der Waals surface area contributed by atoms with Gasteiger partial charge in [-0.1, -0.05) is 27.5 Å². The van der Waals surface area contributed by atoms with Gasteiger partial charge in [0.15, 0.2) is 5.75 Å². The van der Waals surface area contributed by atoms with Crippen molar-refractivity contribution in [3.05, 3.63) is 69.7 Å². The fourth-order valence-electron chi connectivity index (χ4n) is 2.45. The number of amides is 1. The fourth-order valence-corrected chi connectivity index (χ4v) is 4.36. The Morgan fingerprint density at radius 3 is 2.53 bits per heavy atom. The van der Waals surface area contributed by atoms with Crippen LogP contribution >= 0.6 is 27.5 Å². The molecule has 0 atom stereocenters. The minimum Gasteiger partial charge on any atom is -0.507 e. The number of phenolic OH excluding ortho intramolecular Hbond substituents is 2. The summed E-state index contributed by atoms with van der Waals surface area (Å²) in [4.78, 5) is 19.7. The molecule has 4 N–H and O–H groups in total. The van der Waals surface area contributed by atoms with Crippen LogP contribution in [0.1, 0.15) is 15.9 Å². The van der Waals surface area contributed by atoms with E-state index in [0.29, 0.717) is 10.0 Å². The van der Waals surface area contributed by atoms with Gasteiger partial charge in [-0.15, -0.1) is 0 Å². The predicted molar refractivity (Wildman–Crippen MR) is 113 cm³/mol. The normalized spacial score (nSPS) is 11.1. The lowest BCUT2D eigenvalue weighted by atomic mass is 10.1. The van der Waals surface area contributed by atoms with Gasteiger partial charge < -0.3 is 15.5 Å². The van der Waals surface area contributed by atoms with Gasteiger partial charge in [0.2, 0.25) is 0 Å². The second-order valence-electron chi connectivity index (χ2n) is 6.00. The zero-order chi connectivity index (χ0) is 21.9. The van der Waals surface area contributed by atoms with Crippen molar-refractivity contribution in [2.24, 2.45) is 0 Å². The van der Waals surface area contributed by atoms with Gasteiger partial charge in [-0.2, -0.15) is 0 Å².